The lowest BCUT2D eigenvalue weighted by atomic mass is 10.0. The van der Waals surface area contributed by atoms with Crippen molar-refractivity contribution in [2.24, 2.45) is 0 Å². The number of ether oxygens (including phenoxy) is 1. The summed E-state index contributed by atoms with van der Waals surface area (Å²) < 4.78 is 7.35. The van der Waals surface area contributed by atoms with Gasteiger partial charge in [-0.2, -0.15) is 0 Å². The van der Waals surface area contributed by atoms with Crippen molar-refractivity contribution in [1.82, 2.24) is 19.4 Å². The summed E-state index contributed by atoms with van der Waals surface area (Å²) in [6, 6.07) is 0.557. The summed E-state index contributed by atoms with van der Waals surface area (Å²) in [5.74, 6) is 0.623. The number of aliphatic hydroxyl groups is 1. The van der Waals surface area contributed by atoms with Crippen molar-refractivity contribution >= 4 is 5.91 Å². The van der Waals surface area contributed by atoms with E-state index in [-0.39, 0.29) is 12.3 Å². The molecule has 2 aliphatic rings. The van der Waals surface area contributed by atoms with Crippen molar-refractivity contribution < 1.29 is 14.6 Å². The summed E-state index contributed by atoms with van der Waals surface area (Å²) in [5, 5.41) is 10.4. The van der Waals surface area contributed by atoms with E-state index in [0.717, 1.165) is 65.2 Å². The van der Waals surface area contributed by atoms with E-state index in [1.165, 1.54) is 0 Å². The first-order chi connectivity index (χ1) is 12.2. The maximum absolute atomic E-state index is 12.6. The first kappa shape index (κ1) is 18.4. The summed E-state index contributed by atoms with van der Waals surface area (Å²) in [4.78, 5) is 21.2. The molecule has 2 saturated heterocycles. The third kappa shape index (κ3) is 4.59. The lowest BCUT2D eigenvalue weighted by Gasteiger charge is -2.40. The monoisotopic (exact) mass is 350 g/mol. The molecular weight excluding hydrogens is 320 g/mol. The van der Waals surface area contributed by atoms with Crippen LogP contribution in [0.15, 0.2) is 12.4 Å². The zero-order valence-corrected chi connectivity index (χ0v) is 15.1. The fraction of sp³-hybridized carbons (Fsp3) is 0.778. The standard InChI is InChI=1S/C18H30N4O3/c1-2-6-22-9-5-19-18(22)16(23)14-17(24)21-7-3-15(4-8-21)20-10-12-25-13-11-20/h5,9,15-16,23H,2-4,6-8,10-14H2,1H3. The molecule has 2 aliphatic heterocycles. The van der Waals surface area contributed by atoms with E-state index in [2.05, 4.69) is 16.8 Å². The maximum Gasteiger partial charge on any atom is 0.225 e. The minimum Gasteiger partial charge on any atom is -0.385 e. The number of likely N-dealkylation sites (tertiary alicyclic amines) is 1. The molecule has 0 spiro atoms. The van der Waals surface area contributed by atoms with Crippen LogP contribution in [-0.2, 0) is 16.1 Å². The highest BCUT2D eigenvalue weighted by Gasteiger charge is 2.29. The minimum absolute atomic E-state index is 0.0268. The number of piperidine rings is 1. The van der Waals surface area contributed by atoms with Gasteiger partial charge >= 0.3 is 0 Å². The van der Waals surface area contributed by atoms with Crippen molar-refractivity contribution in [3.8, 4) is 0 Å². The lowest BCUT2D eigenvalue weighted by Crippen LogP contribution is -2.50. The Hall–Kier alpha value is -1.44. The van der Waals surface area contributed by atoms with Crippen LogP contribution in [0.1, 0.15) is 44.5 Å². The van der Waals surface area contributed by atoms with E-state index >= 15 is 0 Å². The molecule has 1 amide bonds. The van der Waals surface area contributed by atoms with Crippen LogP contribution in [-0.4, -0.2) is 75.8 Å². The Kier molecular flexibility index (Phi) is 6.45. The highest BCUT2D eigenvalue weighted by atomic mass is 16.5. The van der Waals surface area contributed by atoms with Crippen molar-refractivity contribution in [3.63, 3.8) is 0 Å². The Morgan fingerprint density at radius 2 is 2.04 bits per heavy atom. The van der Waals surface area contributed by atoms with Gasteiger partial charge in [0, 0.05) is 51.2 Å². The molecule has 0 aromatic carbocycles. The molecule has 25 heavy (non-hydrogen) atoms. The van der Waals surface area contributed by atoms with Gasteiger partial charge in [0.15, 0.2) is 0 Å². The third-order valence-corrected chi connectivity index (χ3v) is 5.26. The maximum atomic E-state index is 12.6. The molecule has 140 valence electrons. The van der Waals surface area contributed by atoms with E-state index in [9.17, 15) is 9.90 Å². The smallest absolute Gasteiger partial charge is 0.225 e. The molecule has 2 fully saturated rings. The van der Waals surface area contributed by atoms with Gasteiger partial charge in [0.25, 0.3) is 0 Å². The van der Waals surface area contributed by atoms with Crippen LogP contribution in [0.5, 0.6) is 0 Å². The van der Waals surface area contributed by atoms with Crippen molar-refractivity contribution in [3.05, 3.63) is 18.2 Å². The van der Waals surface area contributed by atoms with Gasteiger partial charge in [-0.1, -0.05) is 6.92 Å². The van der Waals surface area contributed by atoms with Gasteiger partial charge in [-0.05, 0) is 19.3 Å². The molecule has 0 radical (unpaired) electrons. The van der Waals surface area contributed by atoms with E-state index in [0.29, 0.717) is 11.9 Å². The average molecular weight is 350 g/mol. The Bertz CT molecular complexity index is 548. The van der Waals surface area contributed by atoms with Gasteiger partial charge in [-0.3, -0.25) is 9.69 Å². The van der Waals surface area contributed by atoms with E-state index < -0.39 is 6.10 Å². The number of rotatable bonds is 6. The van der Waals surface area contributed by atoms with Crippen LogP contribution in [0.2, 0.25) is 0 Å². The fourth-order valence-electron chi connectivity index (χ4n) is 3.86. The number of carbonyl (C=O) groups is 1. The number of hydrogen-bond acceptors (Lipinski definition) is 5. The van der Waals surface area contributed by atoms with Crippen LogP contribution in [0, 0.1) is 0 Å². The van der Waals surface area contributed by atoms with Gasteiger partial charge in [0.2, 0.25) is 5.91 Å². The topological polar surface area (TPSA) is 70.8 Å². The number of aryl methyl sites for hydroxylation is 1. The van der Waals surface area contributed by atoms with Crippen LogP contribution in [0.25, 0.3) is 0 Å². The second kappa shape index (κ2) is 8.78. The zero-order chi connectivity index (χ0) is 17.6. The highest BCUT2D eigenvalue weighted by molar-refractivity contribution is 5.76. The molecule has 1 aromatic rings. The Labute approximate surface area is 149 Å². The number of aliphatic hydroxyl groups excluding tert-OH is 1. The average Bonchev–Trinajstić information content (AvgIpc) is 3.11. The summed E-state index contributed by atoms with van der Waals surface area (Å²) >= 11 is 0. The Morgan fingerprint density at radius 1 is 1.32 bits per heavy atom. The van der Waals surface area contributed by atoms with E-state index in [1.54, 1.807) is 6.20 Å². The molecule has 0 saturated carbocycles. The second-order valence-electron chi connectivity index (χ2n) is 6.96. The van der Waals surface area contributed by atoms with Crippen LogP contribution in [0.3, 0.4) is 0 Å². The predicted octanol–water partition coefficient (Wildman–Crippen LogP) is 1.04. The van der Waals surface area contributed by atoms with Crippen LogP contribution in [0.4, 0.5) is 0 Å². The molecule has 7 nitrogen and oxygen atoms in total. The lowest BCUT2D eigenvalue weighted by molar-refractivity contribution is -0.135. The van der Waals surface area contributed by atoms with Crippen molar-refractivity contribution in [1.29, 1.82) is 0 Å². The summed E-state index contributed by atoms with van der Waals surface area (Å²) in [7, 11) is 0. The SMILES string of the molecule is CCCn1ccnc1C(O)CC(=O)N1CCC(N2CCOCC2)CC1. The second-order valence-corrected chi connectivity index (χ2v) is 6.96. The number of morpholine rings is 1. The zero-order valence-electron chi connectivity index (χ0n) is 15.1. The summed E-state index contributed by atoms with van der Waals surface area (Å²) in [5.41, 5.74) is 0. The molecule has 7 heteroatoms. The minimum atomic E-state index is -0.828. The summed E-state index contributed by atoms with van der Waals surface area (Å²) in [6.07, 6.45) is 5.82. The molecule has 1 unspecified atom stereocenters. The number of aromatic nitrogens is 2. The third-order valence-electron chi connectivity index (χ3n) is 5.26. The van der Waals surface area contributed by atoms with Gasteiger partial charge in [-0.25, -0.2) is 4.98 Å². The highest BCUT2D eigenvalue weighted by Crippen LogP contribution is 2.21. The molecule has 3 rings (SSSR count). The Morgan fingerprint density at radius 3 is 2.72 bits per heavy atom. The van der Waals surface area contributed by atoms with Gasteiger partial charge < -0.3 is 19.3 Å². The summed E-state index contributed by atoms with van der Waals surface area (Å²) in [6.45, 7) is 8.07. The first-order valence-corrected chi connectivity index (χ1v) is 9.47. The fourth-order valence-corrected chi connectivity index (χ4v) is 3.86. The van der Waals surface area contributed by atoms with Gasteiger partial charge in [-0.15, -0.1) is 0 Å². The van der Waals surface area contributed by atoms with Crippen LogP contribution >= 0.6 is 0 Å². The molecule has 1 atom stereocenters. The molecular formula is C18H30N4O3. The number of amides is 1. The van der Waals surface area contributed by atoms with E-state index in [1.807, 2.05) is 15.7 Å². The van der Waals surface area contributed by atoms with Crippen molar-refractivity contribution in [2.45, 2.75) is 51.3 Å². The largest absolute Gasteiger partial charge is 0.385 e. The normalized spacial score (nSPS) is 21.4. The molecule has 0 bridgehead atoms. The number of carbonyl (C=O) groups excluding carboxylic acids is 1. The van der Waals surface area contributed by atoms with Gasteiger partial charge in [0.1, 0.15) is 11.9 Å². The molecule has 3 heterocycles. The Balaban J connectivity index is 1.48. The predicted molar refractivity (Wildman–Crippen MR) is 94.1 cm³/mol. The molecule has 0 aliphatic carbocycles. The number of hydrogen-bond donors (Lipinski definition) is 1. The molecule has 1 aromatic heterocycles. The van der Waals surface area contributed by atoms with Crippen LogP contribution < -0.4 is 0 Å². The van der Waals surface area contributed by atoms with E-state index in [4.69, 9.17) is 4.74 Å². The quantitative estimate of drug-likeness (QED) is 0.830. The van der Waals surface area contributed by atoms with Crippen molar-refractivity contribution in [2.75, 3.05) is 39.4 Å². The number of nitrogens with zero attached hydrogens (tertiary/aromatic N) is 4. The number of imidazole rings is 1. The van der Waals surface area contributed by atoms with Gasteiger partial charge in [0.05, 0.1) is 19.6 Å². The first-order valence-electron chi connectivity index (χ1n) is 9.47. The molecule has 1 N–H and O–H groups in total.